The van der Waals surface area contributed by atoms with E-state index in [2.05, 4.69) is 10.6 Å². The molecule has 122 valence electrons. The summed E-state index contributed by atoms with van der Waals surface area (Å²) in [5.41, 5.74) is 1.69. The first-order chi connectivity index (χ1) is 11.1. The van der Waals surface area contributed by atoms with Crippen LogP contribution < -0.4 is 10.6 Å². The van der Waals surface area contributed by atoms with Crippen LogP contribution in [0.5, 0.6) is 0 Å². The lowest BCUT2D eigenvalue weighted by Crippen LogP contribution is -2.27. The zero-order chi connectivity index (χ0) is 16.7. The van der Waals surface area contributed by atoms with Crippen LogP contribution in [0.25, 0.3) is 0 Å². The molecule has 3 nitrogen and oxygen atoms in total. The standard InChI is InChI=1S/C17H17Cl2FN2O/c18-14-2-1-3-15(17(14)19)21-11-9-16(23)22-10-8-12-4-6-13(20)7-5-12/h1-7,21H,8-11H2,(H,22,23). The van der Waals surface area contributed by atoms with Crippen LogP contribution in [0.1, 0.15) is 12.0 Å². The molecule has 0 radical (unpaired) electrons. The summed E-state index contributed by atoms with van der Waals surface area (Å²) >= 11 is 12.0. The minimum atomic E-state index is -0.261. The van der Waals surface area contributed by atoms with E-state index in [9.17, 15) is 9.18 Å². The Hall–Kier alpha value is -1.78. The van der Waals surface area contributed by atoms with Gasteiger partial charge in [0.05, 0.1) is 15.7 Å². The van der Waals surface area contributed by atoms with Crippen molar-refractivity contribution in [3.8, 4) is 0 Å². The van der Waals surface area contributed by atoms with Gasteiger partial charge in [-0.25, -0.2) is 4.39 Å². The number of hydrogen-bond acceptors (Lipinski definition) is 2. The number of rotatable bonds is 7. The fraction of sp³-hybridized carbons (Fsp3) is 0.235. The third-order valence-electron chi connectivity index (χ3n) is 3.27. The Balaban J connectivity index is 1.67. The lowest BCUT2D eigenvalue weighted by Gasteiger charge is -2.09. The summed E-state index contributed by atoms with van der Waals surface area (Å²) in [6.45, 7) is 0.977. The van der Waals surface area contributed by atoms with Crippen molar-refractivity contribution in [2.24, 2.45) is 0 Å². The van der Waals surface area contributed by atoms with Crippen LogP contribution in [-0.4, -0.2) is 19.0 Å². The molecule has 0 aliphatic carbocycles. The highest BCUT2D eigenvalue weighted by Gasteiger charge is 2.05. The van der Waals surface area contributed by atoms with Gasteiger partial charge >= 0.3 is 0 Å². The number of amides is 1. The fourth-order valence-corrected chi connectivity index (χ4v) is 2.40. The number of hydrogen-bond donors (Lipinski definition) is 2. The first-order valence-electron chi connectivity index (χ1n) is 7.25. The van der Waals surface area contributed by atoms with E-state index >= 15 is 0 Å². The zero-order valence-corrected chi connectivity index (χ0v) is 13.9. The normalized spacial score (nSPS) is 10.4. The number of carbonyl (C=O) groups excluding carboxylic acids is 1. The van der Waals surface area contributed by atoms with Gasteiger partial charge in [-0.2, -0.15) is 0 Å². The molecule has 2 aromatic carbocycles. The molecule has 0 atom stereocenters. The number of benzene rings is 2. The first-order valence-corrected chi connectivity index (χ1v) is 8.01. The zero-order valence-electron chi connectivity index (χ0n) is 12.4. The number of anilines is 1. The Morgan fingerprint density at radius 1 is 1.04 bits per heavy atom. The summed E-state index contributed by atoms with van der Waals surface area (Å²) in [5, 5.41) is 6.83. The Labute approximate surface area is 144 Å². The molecule has 0 aliphatic rings. The van der Waals surface area contributed by atoms with Crippen molar-refractivity contribution in [2.45, 2.75) is 12.8 Å². The molecular weight excluding hydrogens is 338 g/mol. The van der Waals surface area contributed by atoms with Crippen LogP contribution in [0.3, 0.4) is 0 Å². The molecule has 0 saturated carbocycles. The molecule has 0 saturated heterocycles. The van der Waals surface area contributed by atoms with Crippen LogP contribution in [0, 0.1) is 5.82 Å². The predicted molar refractivity (Wildman–Crippen MR) is 92.7 cm³/mol. The number of carbonyl (C=O) groups is 1. The van der Waals surface area contributed by atoms with E-state index < -0.39 is 0 Å². The second-order valence-corrected chi connectivity index (χ2v) is 5.79. The molecule has 0 fully saturated rings. The predicted octanol–water partition coefficient (Wildman–Crippen LogP) is 4.29. The molecule has 2 N–H and O–H groups in total. The first kappa shape index (κ1) is 17.6. The average molecular weight is 355 g/mol. The average Bonchev–Trinajstić information content (AvgIpc) is 2.53. The summed E-state index contributed by atoms with van der Waals surface area (Å²) in [6.07, 6.45) is 0.992. The van der Waals surface area contributed by atoms with Crippen molar-refractivity contribution >= 4 is 34.8 Å². The summed E-state index contributed by atoms with van der Waals surface area (Å²) in [4.78, 5) is 11.8. The van der Waals surface area contributed by atoms with Crippen LogP contribution in [-0.2, 0) is 11.2 Å². The van der Waals surface area contributed by atoms with E-state index in [1.165, 1.54) is 12.1 Å². The minimum Gasteiger partial charge on any atom is -0.383 e. The molecule has 0 aromatic heterocycles. The Kier molecular flexibility index (Phi) is 6.68. The molecule has 23 heavy (non-hydrogen) atoms. The van der Waals surface area contributed by atoms with Crippen molar-refractivity contribution in [2.75, 3.05) is 18.4 Å². The largest absolute Gasteiger partial charge is 0.383 e. The molecular formula is C17H17Cl2FN2O. The summed E-state index contributed by atoms with van der Waals surface area (Å²) in [5.74, 6) is -0.318. The highest BCUT2D eigenvalue weighted by molar-refractivity contribution is 6.43. The van der Waals surface area contributed by atoms with E-state index in [4.69, 9.17) is 23.2 Å². The summed E-state index contributed by atoms with van der Waals surface area (Å²) < 4.78 is 12.8. The van der Waals surface area contributed by atoms with E-state index in [-0.39, 0.29) is 11.7 Å². The number of nitrogens with one attached hydrogen (secondary N) is 2. The molecule has 2 aromatic rings. The topological polar surface area (TPSA) is 41.1 Å². The highest BCUT2D eigenvalue weighted by Crippen LogP contribution is 2.29. The lowest BCUT2D eigenvalue weighted by atomic mass is 10.1. The fourth-order valence-electron chi connectivity index (χ4n) is 2.04. The van der Waals surface area contributed by atoms with Gasteiger partial charge in [-0.1, -0.05) is 41.4 Å². The molecule has 0 unspecified atom stereocenters. The van der Waals surface area contributed by atoms with Crippen LogP contribution in [0.15, 0.2) is 42.5 Å². The minimum absolute atomic E-state index is 0.0576. The van der Waals surface area contributed by atoms with Gasteiger partial charge in [0.25, 0.3) is 0 Å². The van der Waals surface area contributed by atoms with Gasteiger partial charge in [0.2, 0.25) is 5.91 Å². The third-order valence-corrected chi connectivity index (χ3v) is 4.09. The molecule has 0 bridgehead atoms. The molecule has 6 heteroatoms. The van der Waals surface area contributed by atoms with Crippen LogP contribution in [0.4, 0.5) is 10.1 Å². The number of halogens is 3. The lowest BCUT2D eigenvalue weighted by molar-refractivity contribution is -0.120. The second-order valence-electron chi connectivity index (χ2n) is 5.00. The second kappa shape index (κ2) is 8.75. The Morgan fingerprint density at radius 2 is 1.78 bits per heavy atom. The van der Waals surface area contributed by atoms with E-state index in [1.54, 1.807) is 30.3 Å². The maximum absolute atomic E-state index is 12.8. The van der Waals surface area contributed by atoms with Gasteiger partial charge in [0.15, 0.2) is 0 Å². The molecule has 2 rings (SSSR count). The quantitative estimate of drug-likeness (QED) is 0.778. The SMILES string of the molecule is O=C(CCNc1cccc(Cl)c1Cl)NCCc1ccc(F)cc1. The molecule has 1 amide bonds. The molecule has 0 heterocycles. The molecule has 0 aliphatic heterocycles. The van der Waals surface area contributed by atoms with Gasteiger partial charge in [-0.3, -0.25) is 4.79 Å². The van der Waals surface area contributed by atoms with Gasteiger partial charge in [-0.05, 0) is 36.2 Å². The monoisotopic (exact) mass is 354 g/mol. The van der Waals surface area contributed by atoms with Gasteiger partial charge in [0.1, 0.15) is 5.82 Å². The van der Waals surface area contributed by atoms with Crippen molar-refractivity contribution in [1.29, 1.82) is 0 Å². The van der Waals surface area contributed by atoms with Crippen molar-refractivity contribution in [3.05, 3.63) is 63.9 Å². The van der Waals surface area contributed by atoms with Crippen LogP contribution in [0.2, 0.25) is 10.0 Å². The Morgan fingerprint density at radius 3 is 2.52 bits per heavy atom. The highest BCUT2D eigenvalue weighted by atomic mass is 35.5. The van der Waals surface area contributed by atoms with E-state index in [0.29, 0.717) is 41.7 Å². The molecule has 0 spiro atoms. The van der Waals surface area contributed by atoms with Crippen LogP contribution >= 0.6 is 23.2 Å². The third kappa shape index (κ3) is 5.73. The smallest absolute Gasteiger partial charge is 0.221 e. The maximum atomic E-state index is 12.8. The van der Waals surface area contributed by atoms with Gasteiger partial charge in [-0.15, -0.1) is 0 Å². The van der Waals surface area contributed by atoms with Crippen molar-refractivity contribution < 1.29 is 9.18 Å². The van der Waals surface area contributed by atoms with Crippen molar-refractivity contribution in [1.82, 2.24) is 5.32 Å². The Bertz CT molecular complexity index is 662. The van der Waals surface area contributed by atoms with E-state index in [1.807, 2.05) is 0 Å². The van der Waals surface area contributed by atoms with Gasteiger partial charge < -0.3 is 10.6 Å². The maximum Gasteiger partial charge on any atom is 0.221 e. The van der Waals surface area contributed by atoms with Gasteiger partial charge in [0, 0.05) is 19.5 Å². The van der Waals surface area contributed by atoms with Crippen molar-refractivity contribution in [3.63, 3.8) is 0 Å². The summed E-state index contributed by atoms with van der Waals surface area (Å²) in [6, 6.07) is 11.6. The van der Waals surface area contributed by atoms with E-state index in [0.717, 1.165) is 5.56 Å². The summed E-state index contributed by atoms with van der Waals surface area (Å²) in [7, 11) is 0.